The van der Waals surface area contributed by atoms with Crippen molar-refractivity contribution in [3.05, 3.63) is 23.8 Å². The Bertz CT molecular complexity index is 223. The molecule has 0 amide bonds. The third-order valence-electron chi connectivity index (χ3n) is 0.629. The topological polar surface area (TPSA) is 43.4 Å². The molecule has 4 heteroatoms. The van der Waals surface area contributed by atoms with E-state index in [0.29, 0.717) is 0 Å². The van der Waals surface area contributed by atoms with E-state index in [2.05, 4.69) is 4.18 Å². The van der Waals surface area contributed by atoms with Gasteiger partial charge in [-0.05, 0) is 13.8 Å². The standard InChI is InChI=1S/C6H10O3S/c1-3-5-9-10(7,8)6-4-2/h3-6H,1-2H3/b5-3+,6-4+. The van der Waals surface area contributed by atoms with Crippen LogP contribution >= 0.6 is 0 Å². The minimum atomic E-state index is -3.46. The van der Waals surface area contributed by atoms with Crippen molar-refractivity contribution in [2.45, 2.75) is 13.8 Å². The van der Waals surface area contributed by atoms with Crippen LogP contribution in [0.5, 0.6) is 0 Å². The second-order valence-electron chi connectivity index (χ2n) is 1.53. The van der Waals surface area contributed by atoms with Crippen LogP contribution in [0.1, 0.15) is 13.8 Å². The van der Waals surface area contributed by atoms with Crippen molar-refractivity contribution < 1.29 is 12.6 Å². The Morgan fingerprint density at radius 3 is 2.20 bits per heavy atom. The van der Waals surface area contributed by atoms with Crippen LogP contribution in [-0.2, 0) is 14.3 Å². The molecule has 0 radical (unpaired) electrons. The van der Waals surface area contributed by atoms with Gasteiger partial charge in [-0.1, -0.05) is 12.2 Å². The van der Waals surface area contributed by atoms with E-state index in [1.807, 2.05) is 0 Å². The van der Waals surface area contributed by atoms with Gasteiger partial charge in [0.05, 0.1) is 5.41 Å². The van der Waals surface area contributed by atoms with Crippen molar-refractivity contribution in [3.63, 3.8) is 0 Å². The molecule has 0 spiro atoms. The molecule has 0 aromatic rings. The minimum absolute atomic E-state index is 0.993. The van der Waals surface area contributed by atoms with Crippen molar-refractivity contribution in [1.29, 1.82) is 0 Å². The van der Waals surface area contributed by atoms with Crippen LogP contribution < -0.4 is 0 Å². The minimum Gasteiger partial charge on any atom is -0.388 e. The monoisotopic (exact) mass is 162 g/mol. The maximum Gasteiger partial charge on any atom is 0.331 e. The number of rotatable bonds is 3. The Kier molecular flexibility index (Phi) is 3.79. The van der Waals surface area contributed by atoms with Crippen molar-refractivity contribution in [3.8, 4) is 0 Å². The van der Waals surface area contributed by atoms with Gasteiger partial charge in [0.1, 0.15) is 6.26 Å². The maximum absolute atomic E-state index is 10.6. The lowest BCUT2D eigenvalue weighted by Gasteiger charge is -1.93. The number of hydrogen-bond acceptors (Lipinski definition) is 3. The van der Waals surface area contributed by atoms with Gasteiger partial charge in [-0.25, -0.2) is 0 Å². The quantitative estimate of drug-likeness (QED) is 0.465. The molecule has 0 atom stereocenters. The van der Waals surface area contributed by atoms with Gasteiger partial charge in [-0.2, -0.15) is 8.42 Å². The van der Waals surface area contributed by atoms with Gasteiger partial charge >= 0.3 is 10.1 Å². The summed E-state index contributed by atoms with van der Waals surface area (Å²) in [4.78, 5) is 0. The van der Waals surface area contributed by atoms with E-state index in [1.54, 1.807) is 13.8 Å². The predicted molar refractivity (Wildman–Crippen MR) is 39.6 cm³/mol. The van der Waals surface area contributed by atoms with Crippen LogP contribution in [0.2, 0.25) is 0 Å². The molecule has 0 aromatic heterocycles. The summed E-state index contributed by atoms with van der Waals surface area (Å²) in [5, 5.41) is 0.993. The van der Waals surface area contributed by atoms with Crippen LogP contribution in [0.3, 0.4) is 0 Å². The average Bonchev–Trinajstić information content (AvgIpc) is 1.84. The Hall–Kier alpha value is -0.770. The molecule has 0 heterocycles. The van der Waals surface area contributed by atoms with Gasteiger partial charge in [0, 0.05) is 0 Å². The highest BCUT2D eigenvalue weighted by atomic mass is 32.2. The summed E-state index contributed by atoms with van der Waals surface area (Å²) in [7, 11) is -3.46. The summed E-state index contributed by atoms with van der Waals surface area (Å²) in [6, 6.07) is 0. The average molecular weight is 162 g/mol. The van der Waals surface area contributed by atoms with Crippen LogP contribution in [0.25, 0.3) is 0 Å². The predicted octanol–water partition coefficient (Wildman–Crippen LogP) is 1.40. The lowest BCUT2D eigenvalue weighted by atomic mass is 10.8. The fraction of sp³-hybridized carbons (Fsp3) is 0.333. The molecule has 0 fully saturated rings. The zero-order valence-corrected chi connectivity index (χ0v) is 6.76. The molecular formula is C6H10O3S. The lowest BCUT2D eigenvalue weighted by Crippen LogP contribution is -1.94. The van der Waals surface area contributed by atoms with Gasteiger partial charge in [-0.3, -0.25) is 0 Å². The molecule has 0 aliphatic heterocycles. The first-order valence-corrected chi connectivity index (χ1v) is 4.26. The molecule has 0 saturated carbocycles. The number of allylic oxidation sites excluding steroid dienone is 2. The summed E-state index contributed by atoms with van der Waals surface area (Å²) >= 11 is 0. The molecular weight excluding hydrogens is 152 g/mol. The largest absolute Gasteiger partial charge is 0.388 e. The van der Waals surface area contributed by atoms with E-state index >= 15 is 0 Å². The van der Waals surface area contributed by atoms with Crippen molar-refractivity contribution >= 4 is 10.1 Å². The SMILES string of the molecule is C/C=C/OS(=O)(=O)/C=C/C. The van der Waals surface area contributed by atoms with Gasteiger partial charge < -0.3 is 4.18 Å². The first-order valence-electron chi connectivity index (χ1n) is 2.79. The molecule has 0 aliphatic carbocycles. The summed E-state index contributed by atoms with van der Waals surface area (Å²) in [5.74, 6) is 0. The Morgan fingerprint density at radius 1 is 1.20 bits per heavy atom. The first-order chi connectivity index (χ1) is 4.62. The smallest absolute Gasteiger partial charge is 0.331 e. The molecule has 58 valence electrons. The summed E-state index contributed by atoms with van der Waals surface area (Å²) in [6.45, 7) is 3.28. The fourth-order valence-electron chi connectivity index (χ4n) is 0.332. The van der Waals surface area contributed by atoms with Crippen molar-refractivity contribution in [1.82, 2.24) is 0 Å². The normalized spacial score (nSPS) is 13.0. The molecule has 0 aliphatic rings. The first kappa shape index (κ1) is 9.23. The Morgan fingerprint density at radius 2 is 1.80 bits per heavy atom. The zero-order chi connectivity index (χ0) is 8.04. The zero-order valence-electron chi connectivity index (χ0n) is 5.94. The van der Waals surface area contributed by atoms with Crippen molar-refractivity contribution in [2.24, 2.45) is 0 Å². The summed E-state index contributed by atoms with van der Waals surface area (Å²) in [6.07, 6.45) is 4.02. The fourth-order valence-corrected chi connectivity index (χ4v) is 0.995. The Labute approximate surface area is 61.1 Å². The molecule has 0 N–H and O–H groups in total. The van der Waals surface area contributed by atoms with E-state index in [9.17, 15) is 8.42 Å². The molecule has 0 unspecified atom stereocenters. The van der Waals surface area contributed by atoms with E-state index in [-0.39, 0.29) is 0 Å². The van der Waals surface area contributed by atoms with Crippen LogP contribution in [0.15, 0.2) is 23.8 Å². The van der Waals surface area contributed by atoms with E-state index in [1.165, 1.54) is 12.2 Å². The van der Waals surface area contributed by atoms with Crippen LogP contribution in [0, 0.1) is 0 Å². The van der Waals surface area contributed by atoms with E-state index in [0.717, 1.165) is 11.7 Å². The van der Waals surface area contributed by atoms with E-state index in [4.69, 9.17) is 0 Å². The van der Waals surface area contributed by atoms with E-state index < -0.39 is 10.1 Å². The van der Waals surface area contributed by atoms with Gasteiger partial charge in [0.15, 0.2) is 0 Å². The highest BCUT2D eigenvalue weighted by molar-refractivity contribution is 7.89. The third-order valence-corrected chi connectivity index (χ3v) is 1.61. The van der Waals surface area contributed by atoms with Crippen molar-refractivity contribution in [2.75, 3.05) is 0 Å². The second-order valence-corrected chi connectivity index (χ2v) is 2.98. The maximum atomic E-state index is 10.6. The lowest BCUT2D eigenvalue weighted by molar-refractivity contribution is 0.452. The molecule has 3 nitrogen and oxygen atoms in total. The second kappa shape index (κ2) is 4.11. The van der Waals surface area contributed by atoms with Crippen LogP contribution in [0.4, 0.5) is 0 Å². The van der Waals surface area contributed by atoms with Gasteiger partial charge in [-0.15, -0.1) is 0 Å². The number of hydrogen-bond donors (Lipinski definition) is 0. The van der Waals surface area contributed by atoms with Crippen LogP contribution in [-0.4, -0.2) is 8.42 Å². The summed E-state index contributed by atoms with van der Waals surface area (Å²) < 4.78 is 25.6. The molecule has 0 bridgehead atoms. The Balaban J connectivity index is 4.16. The van der Waals surface area contributed by atoms with Gasteiger partial charge in [0.25, 0.3) is 0 Å². The molecule has 0 aromatic carbocycles. The van der Waals surface area contributed by atoms with Gasteiger partial charge in [0.2, 0.25) is 0 Å². The summed E-state index contributed by atoms with van der Waals surface area (Å²) in [5.41, 5.74) is 0. The molecule has 0 rings (SSSR count). The highest BCUT2D eigenvalue weighted by Crippen LogP contribution is 1.95. The molecule has 0 saturated heterocycles. The highest BCUT2D eigenvalue weighted by Gasteiger charge is 1.99. The third kappa shape index (κ3) is 4.14. The molecule has 10 heavy (non-hydrogen) atoms.